The standard InChI is InChI=1S/C23H20ClN3/c24-19-8-4-15-27-21(17-6-2-1-3-7-17)20(26-22(19)27)16-9-11-18(12-10-16)23(25)13-5-14-23/h1-4,6-12,15H,5,13-14,25H2. The molecular weight excluding hydrogens is 354 g/mol. The third-order valence-corrected chi connectivity index (χ3v) is 5.92. The van der Waals surface area contributed by atoms with E-state index in [9.17, 15) is 0 Å². The van der Waals surface area contributed by atoms with Gasteiger partial charge in [0.15, 0.2) is 5.65 Å². The van der Waals surface area contributed by atoms with E-state index in [1.54, 1.807) is 0 Å². The largest absolute Gasteiger partial charge is 0.321 e. The van der Waals surface area contributed by atoms with Crippen LogP contribution >= 0.6 is 11.6 Å². The molecule has 134 valence electrons. The quantitative estimate of drug-likeness (QED) is 0.503. The van der Waals surface area contributed by atoms with Crippen molar-refractivity contribution in [2.24, 2.45) is 5.73 Å². The fraction of sp³-hybridized carbons (Fsp3) is 0.174. The van der Waals surface area contributed by atoms with Crippen molar-refractivity contribution >= 4 is 17.2 Å². The first-order chi connectivity index (χ1) is 13.2. The minimum absolute atomic E-state index is 0.150. The van der Waals surface area contributed by atoms with Gasteiger partial charge in [0, 0.05) is 22.9 Å². The van der Waals surface area contributed by atoms with E-state index in [1.807, 2.05) is 36.5 Å². The molecular formula is C23H20ClN3. The molecule has 4 heteroatoms. The molecule has 1 saturated carbocycles. The second-order valence-corrected chi connectivity index (χ2v) is 7.72. The van der Waals surface area contributed by atoms with Crippen molar-refractivity contribution in [1.82, 2.24) is 9.38 Å². The van der Waals surface area contributed by atoms with Gasteiger partial charge in [-0.25, -0.2) is 4.98 Å². The van der Waals surface area contributed by atoms with Gasteiger partial charge in [-0.1, -0.05) is 66.2 Å². The van der Waals surface area contributed by atoms with Crippen LogP contribution in [0.2, 0.25) is 5.02 Å². The number of pyridine rings is 1. The Morgan fingerprint density at radius 1 is 0.889 bits per heavy atom. The highest BCUT2D eigenvalue weighted by Gasteiger charge is 2.34. The highest BCUT2D eigenvalue weighted by molar-refractivity contribution is 6.33. The second-order valence-electron chi connectivity index (χ2n) is 7.31. The van der Waals surface area contributed by atoms with E-state index in [2.05, 4.69) is 40.8 Å². The Balaban J connectivity index is 1.70. The highest BCUT2D eigenvalue weighted by atomic mass is 35.5. The van der Waals surface area contributed by atoms with Gasteiger partial charge in [-0.2, -0.15) is 0 Å². The van der Waals surface area contributed by atoms with Crippen LogP contribution in [-0.2, 0) is 5.54 Å². The van der Waals surface area contributed by atoms with Gasteiger partial charge in [0.2, 0.25) is 0 Å². The fourth-order valence-corrected chi connectivity index (χ4v) is 4.12. The van der Waals surface area contributed by atoms with Crippen molar-refractivity contribution in [2.75, 3.05) is 0 Å². The van der Waals surface area contributed by atoms with Crippen LogP contribution < -0.4 is 5.73 Å². The van der Waals surface area contributed by atoms with E-state index in [1.165, 1.54) is 12.0 Å². The van der Waals surface area contributed by atoms with E-state index >= 15 is 0 Å². The average molecular weight is 374 g/mol. The zero-order valence-electron chi connectivity index (χ0n) is 14.9. The number of aromatic nitrogens is 2. The summed E-state index contributed by atoms with van der Waals surface area (Å²) in [6, 6.07) is 22.7. The molecule has 1 aliphatic carbocycles. The molecule has 0 radical (unpaired) electrons. The molecule has 3 nitrogen and oxygen atoms in total. The maximum atomic E-state index is 6.48. The summed E-state index contributed by atoms with van der Waals surface area (Å²) >= 11 is 6.43. The third kappa shape index (κ3) is 2.66. The molecule has 0 aliphatic heterocycles. The third-order valence-electron chi connectivity index (χ3n) is 5.63. The van der Waals surface area contributed by atoms with Crippen molar-refractivity contribution in [1.29, 1.82) is 0 Å². The number of imidazole rings is 1. The molecule has 0 bridgehead atoms. The molecule has 0 amide bonds. The smallest absolute Gasteiger partial charge is 0.156 e. The van der Waals surface area contributed by atoms with Crippen LogP contribution in [0.25, 0.3) is 28.2 Å². The monoisotopic (exact) mass is 373 g/mol. The van der Waals surface area contributed by atoms with Crippen molar-refractivity contribution < 1.29 is 0 Å². The molecule has 0 saturated heterocycles. The molecule has 1 aliphatic rings. The minimum Gasteiger partial charge on any atom is -0.321 e. The van der Waals surface area contributed by atoms with Gasteiger partial charge < -0.3 is 5.73 Å². The van der Waals surface area contributed by atoms with E-state index in [-0.39, 0.29) is 5.54 Å². The van der Waals surface area contributed by atoms with Crippen LogP contribution in [0.15, 0.2) is 72.9 Å². The Labute approximate surface area is 163 Å². The van der Waals surface area contributed by atoms with Gasteiger partial charge in [0.1, 0.15) is 0 Å². The summed E-state index contributed by atoms with van der Waals surface area (Å²) in [6.07, 6.45) is 5.34. The van der Waals surface area contributed by atoms with Crippen LogP contribution in [0.3, 0.4) is 0 Å². The molecule has 2 aromatic heterocycles. The van der Waals surface area contributed by atoms with Crippen molar-refractivity contribution in [3.05, 3.63) is 83.5 Å². The molecule has 1 fully saturated rings. The lowest BCUT2D eigenvalue weighted by atomic mass is 9.72. The van der Waals surface area contributed by atoms with E-state index in [0.29, 0.717) is 5.02 Å². The van der Waals surface area contributed by atoms with Crippen LogP contribution in [0.4, 0.5) is 0 Å². The molecule has 2 N–H and O–H groups in total. The molecule has 2 heterocycles. The first-order valence-corrected chi connectivity index (χ1v) is 9.65. The summed E-state index contributed by atoms with van der Waals surface area (Å²) in [6.45, 7) is 0. The van der Waals surface area contributed by atoms with Crippen LogP contribution in [0.5, 0.6) is 0 Å². The summed E-state index contributed by atoms with van der Waals surface area (Å²) in [5, 5.41) is 0.646. The lowest BCUT2D eigenvalue weighted by Gasteiger charge is -2.38. The lowest BCUT2D eigenvalue weighted by molar-refractivity contribution is 0.253. The SMILES string of the molecule is NC1(c2ccc(-c3nc4c(Cl)cccn4c3-c3ccccc3)cc2)CCC1. The number of nitrogens with two attached hydrogens (primary N) is 1. The maximum Gasteiger partial charge on any atom is 0.156 e. The molecule has 0 spiro atoms. The second kappa shape index (κ2) is 6.22. The van der Waals surface area contributed by atoms with Crippen LogP contribution in [0, 0.1) is 0 Å². The van der Waals surface area contributed by atoms with Gasteiger partial charge in [-0.15, -0.1) is 0 Å². The minimum atomic E-state index is -0.150. The van der Waals surface area contributed by atoms with E-state index < -0.39 is 0 Å². The number of nitrogens with zero attached hydrogens (tertiary/aromatic N) is 2. The average Bonchev–Trinajstić information content (AvgIpc) is 3.08. The Kier molecular flexibility index (Phi) is 3.81. The zero-order chi connectivity index (χ0) is 18.4. The van der Waals surface area contributed by atoms with E-state index in [0.717, 1.165) is 41.0 Å². The van der Waals surface area contributed by atoms with Gasteiger partial charge >= 0.3 is 0 Å². The van der Waals surface area contributed by atoms with Gasteiger partial charge in [0.25, 0.3) is 0 Å². The van der Waals surface area contributed by atoms with Crippen molar-refractivity contribution in [3.63, 3.8) is 0 Å². The number of halogens is 1. The summed E-state index contributed by atoms with van der Waals surface area (Å²) in [7, 11) is 0. The summed E-state index contributed by atoms with van der Waals surface area (Å²) in [5.74, 6) is 0. The fourth-order valence-electron chi connectivity index (χ4n) is 3.91. The first kappa shape index (κ1) is 16.5. The summed E-state index contributed by atoms with van der Waals surface area (Å²) < 4.78 is 2.07. The van der Waals surface area contributed by atoms with Gasteiger partial charge in [-0.05, 0) is 37.0 Å². The number of fused-ring (bicyclic) bond motifs is 1. The Morgan fingerprint density at radius 3 is 2.30 bits per heavy atom. The number of benzene rings is 2. The molecule has 27 heavy (non-hydrogen) atoms. The predicted molar refractivity (Wildman–Crippen MR) is 111 cm³/mol. The van der Waals surface area contributed by atoms with Crippen molar-refractivity contribution in [3.8, 4) is 22.5 Å². The molecule has 4 aromatic rings. The van der Waals surface area contributed by atoms with Crippen molar-refractivity contribution in [2.45, 2.75) is 24.8 Å². The molecule has 0 atom stereocenters. The van der Waals surface area contributed by atoms with E-state index in [4.69, 9.17) is 22.3 Å². The zero-order valence-corrected chi connectivity index (χ0v) is 15.7. The summed E-state index contributed by atoms with van der Waals surface area (Å²) in [4.78, 5) is 4.88. The van der Waals surface area contributed by atoms with Crippen LogP contribution in [0.1, 0.15) is 24.8 Å². The lowest BCUT2D eigenvalue weighted by Crippen LogP contribution is -2.43. The normalized spacial score (nSPS) is 15.6. The topological polar surface area (TPSA) is 43.3 Å². The summed E-state index contributed by atoms with van der Waals surface area (Å²) in [5.41, 5.74) is 12.5. The number of hydrogen-bond acceptors (Lipinski definition) is 2. The van der Waals surface area contributed by atoms with Gasteiger partial charge in [-0.3, -0.25) is 4.40 Å². The number of rotatable bonds is 3. The molecule has 5 rings (SSSR count). The Hall–Kier alpha value is -2.62. The maximum absolute atomic E-state index is 6.48. The predicted octanol–water partition coefficient (Wildman–Crippen LogP) is 5.66. The first-order valence-electron chi connectivity index (χ1n) is 9.27. The van der Waals surface area contributed by atoms with Crippen LogP contribution in [-0.4, -0.2) is 9.38 Å². The number of hydrogen-bond donors (Lipinski definition) is 1. The molecule has 2 aromatic carbocycles. The molecule has 0 unspecified atom stereocenters. The van der Waals surface area contributed by atoms with Gasteiger partial charge in [0.05, 0.1) is 16.4 Å². The highest BCUT2D eigenvalue weighted by Crippen LogP contribution is 2.40. The Bertz CT molecular complexity index is 1110. The Morgan fingerprint density at radius 2 is 1.63 bits per heavy atom.